The Morgan fingerprint density at radius 2 is 1.79 bits per heavy atom. The molecule has 2 aliphatic rings. The van der Waals surface area contributed by atoms with E-state index in [2.05, 4.69) is 10.3 Å². The van der Waals surface area contributed by atoms with Crippen LogP contribution in [0.1, 0.15) is 0 Å². The van der Waals surface area contributed by atoms with Crippen LogP contribution in [0.25, 0.3) is 0 Å². The maximum Gasteiger partial charge on any atom is 0.252 e. The molecule has 118 valence electrons. The van der Waals surface area contributed by atoms with Gasteiger partial charge in [-0.25, -0.2) is 0 Å². The molecule has 6 nitrogen and oxygen atoms in total. The van der Waals surface area contributed by atoms with Crippen LogP contribution in [0.2, 0.25) is 0 Å². The number of fused-ring (bicyclic) bond motifs is 2. The van der Waals surface area contributed by atoms with E-state index in [1.807, 2.05) is 54.6 Å². The summed E-state index contributed by atoms with van der Waals surface area (Å²) in [4.78, 5) is 16.8. The van der Waals surface area contributed by atoms with Gasteiger partial charge >= 0.3 is 0 Å². The third-order valence-corrected chi connectivity index (χ3v) is 4.98. The molecule has 0 spiro atoms. The van der Waals surface area contributed by atoms with E-state index in [4.69, 9.17) is 5.26 Å². The van der Waals surface area contributed by atoms with Crippen molar-refractivity contribution >= 4 is 29.0 Å². The van der Waals surface area contributed by atoms with Gasteiger partial charge in [0, 0.05) is 9.79 Å². The Labute approximate surface area is 143 Å². The summed E-state index contributed by atoms with van der Waals surface area (Å²) in [6, 6.07) is 17.3. The average Bonchev–Trinajstić information content (AvgIpc) is 3.07. The van der Waals surface area contributed by atoms with Crippen molar-refractivity contribution in [1.29, 1.82) is 5.26 Å². The van der Waals surface area contributed by atoms with Crippen LogP contribution < -0.4 is 4.90 Å². The number of anilines is 2. The van der Waals surface area contributed by atoms with Crippen LogP contribution in [0.3, 0.4) is 0 Å². The minimum Gasteiger partial charge on any atom is -0.277 e. The van der Waals surface area contributed by atoms with Crippen molar-refractivity contribution in [3.8, 4) is 6.07 Å². The summed E-state index contributed by atoms with van der Waals surface area (Å²) in [6.07, 6.45) is 0. The van der Waals surface area contributed by atoms with Crippen LogP contribution in [0, 0.1) is 11.3 Å². The molecular weight excluding hydrogens is 322 g/mol. The Morgan fingerprint density at radius 3 is 2.38 bits per heavy atom. The molecule has 24 heavy (non-hydrogen) atoms. The summed E-state index contributed by atoms with van der Waals surface area (Å²) in [5, 5.41) is 18.2. The maximum atomic E-state index is 13.0. The van der Waals surface area contributed by atoms with Gasteiger partial charge in [0.05, 0.1) is 24.0 Å². The monoisotopic (exact) mass is 335 g/mol. The first kappa shape index (κ1) is 14.7. The summed E-state index contributed by atoms with van der Waals surface area (Å²) >= 11 is 1.66. The number of rotatable bonds is 2. The molecule has 0 N–H and O–H groups in total. The number of hydrogen-bond acceptors (Lipinski definition) is 6. The summed E-state index contributed by atoms with van der Waals surface area (Å²) in [6.45, 7) is 0.448. The molecule has 2 aliphatic heterocycles. The second-order valence-corrected chi connectivity index (χ2v) is 6.55. The fourth-order valence-electron chi connectivity index (χ4n) is 2.77. The van der Waals surface area contributed by atoms with Gasteiger partial charge in [-0.15, -0.1) is 0 Å². The smallest absolute Gasteiger partial charge is 0.252 e. The molecular formula is C17H13N5OS. The minimum absolute atomic E-state index is 0.0901. The van der Waals surface area contributed by atoms with Gasteiger partial charge in [0.1, 0.15) is 6.54 Å². The largest absolute Gasteiger partial charge is 0.277 e. The van der Waals surface area contributed by atoms with E-state index in [1.54, 1.807) is 21.7 Å². The Bertz CT molecular complexity index is 830. The third-order valence-electron chi connectivity index (χ3n) is 3.85. The number of nitriles is 1. The van der Waals surface area contributed by atoms with Gasteiger partial charge in [0.25, 0.3) is 5.91 Å². The Balaban J connectivity index is 1.66. The van der Waals surface area contributed by atoms with Crippen molar-refractivity contribution < 1.29 is 4.79 Å². The maximum absolute atomic E-state index is 13.0. The standard InChI is InChI=1S/C17H13N5OS/c18-9-12-10-21(20-19-12)11-17(23)22-13-5-1-3-7-15(13)24-16-8-4-2-6-14(16)22/h1-8,12H,10-11H2. The van der Waals surface area contributed by atoms with E-state index >= 15 is 0 Å². The lowest BCUT2D eigenvalue weighted by molar-refractivity contribution is -0.119. The average molecular weight is 335 g/mol. The molecule has 2 heterocycles. The molecule has 0 aliphatic carbocycles. The molecule has 4 rings (SSSR count). The SMILES string of the molecule is N#CC1CN(CC(=O)N2c3ccccc3Sc3ccccc32)N=N1. The first-order valence-electron chi connectivity index (χ1n) is 7.50. The van der Waals surface area contributed by atoms with Gasteiger partial charge in [-0.1, -0.05) is 41.3 Å². The normalized spacial score (nSPS) is 18.0. The number of carbonyl (C=O) groups excluding carboxylic acids is 1. The first-order valence-corrected chi connectivity index (χ1v) is 8.32. The number of carbonyl (C=O) groups is 1. The van der Waals surface area contributed by atoms with Crippen LogP contribution in [0.15, 0.2) is 68.7 Å². The Kier molecular flexibility index (Phi) is 3.67. The van der Waals surface area contributed by atoms with Crippen molar-refractivity contribution in [3.63, 3.8) is 0 Å². The molecule has 1 unspecified atom stereocenters. The molecule has 0 bridgehead atoms. The molecule has 7 heteroatoms. The summed E-state index contributed by atoms with van der Waals surface area (Å²) in [7, 11) is 0. The molecule has 2 aromatic carbocycles. The van der Waals surface area contributed by atoms with E-state index in [0.29, 0.717) is 6.54 Å². The van der Waals surface area contributed by atoms with Crippen LogP contribution in [-0.4, -0.2) is 30.0 Å². The Morgan fingerprint density at radius 1 is 1.17 bits per heavy atom. The number of hydrogen-bond donors (Lipinski definition) is 0. The van der Waals surface area contributed by atoms with E-state index < -0.39 is 6.04 Å². The number of benzene rings is 2. The molecule has 1 atom stereocenters. The van der Waals surface area contributed by atoms with Crippen LogP contribution in [-0.2, 0) is 4.79 Å². The van der Waals surface area contributed by atoms with Crippen LogP contribution >= 0.6 is 11.8 Å². The fraction of sp³-hybridized carbons (Fsp3) is 0.176. The van der Waals surface area contributed by atoms with Gasteiger partial charge in [0.15, 0.2) is 6.04 Å². The van der Waals surface area contributed by atoms with Crippen LogP contribution in [0.4, 0.5) is 11.4 Å². The van der Waals surface area contributed by atoms with E-state index in [-0.39, 0.29) is 12.5 Å². The number of para-hydroxylation sites is 2. The molecule has 0 saturated carbocycles. The van der Waals surface area contributed by atoms with Gasteiger partial charge < -0.3 is 0 Å². The zero-order valence-electron chi connectivity index (χ0n) is 12.7. The predicted octanol–water partition coefficient (Wildman–Crippen LogP) is 3.39. The molecule has 0 aromatic heterocycles. The predicted molar refractivity (Wildman–Crippen MR) is 90.0 cm³/mol. The highest BCUT2D eigenvalue weighted by atomic mass is 32.2. The highest BCUT2D eigenvalue weighted by Crippen LogP contribution is 2.47. The minimum atomic E-state index is -0.491. The lowest BCUT2D eigenvalue weighted by Gasteiger charge is -2.31. The first-order chi connectivity index (χ1) is 11.8. The van der Waals surface area contributed by atoms with Crippen molar-refractivity contribution in [2.45, 2.75) is 15.8 Å². The Hall–Kier alpha value is -2.85. The van der Waals surface area contributed by atoms with Gasteiger partial charge in [0.2, 0.25) is 0 Å². The highest BCUT2D eigenvalue weighted by molar-refractivity contribution is 7.99. The van der Waals surface area contributed by atoms with E-state index in [9.17, 15) is 4.79 Å². The summed E-state index contributed by atoms with van der Waals surface area (Å²) in [5.41, 5.74) is 1.75. The van der Waals surface area contributed by atoms with Gasteiger partial charge in [-0.3, -0.25) is 14.7 Å². The molecule has 1 amide bonds. The second kappa shape index (κ2) is 5.98. The molecule has 0 saturated heterocycles. The van der Waals surface area contributed by atoms with Gasteiger partial charge in [-0.2, -0.15) is 10.4 Å². The second-order valence-electron chi connectivity index (χ2n) is 5.46. The summed E-state index contributed by atoms with van der Waals surface area (Å²) in [5.74, 6) is -0.0901. The summed E-state index contributed by atoms with van der Waals surface area (Å²) < 4.78 is 0. The van der Waals surface area contributed by atoms with Gasteiger partial charge in [-0.05, 0) is 24.3 Å². The van der Waals surface area contributed by atoms with Crippen molar-refractivity contribution in [1.82, 2.24) is 5.01 Å². The van der Waals surface area contributed by atoms with E-state index in [1.165, 1.54) is 0 Å². The molecule has 0 fully saturated rings. The number of amides is 1. The quantitative estimate of drug-likeness (QED) is 0.843. The fourth-order valence-corrected chi connectivity index (χ4v) is 3.83. The molecule has 0 radical (unpaired) electrons. The lowest BCUT2D eigenvalue weighted by atomic mass is 10.2. The third kappa shape index (κ3) is 2.51. The zero-order valence-corrected chi connectivity index (χ0v) is 13.5. The van der Waals surface area contributed by atoms with Crippen molar-refractivity contribution in [3.05, 3.63) is 48.5 Å². The lowest BCUT2D eigenvalue weighted by Crippen LogP contribution is -2.37. The molecule has 2 aromatic rings. The van der Waals surface area contributed by atoms with Crippen molar-refractivity contribution in [2.75, 3.05) is 18.0 Å². The van der Waals surface area contributed by atoms with Crippen LogP contribution in [0.5, 0.6) is 0 Å². The topological polar surface area (TPSA) is 72.1 Å². The van der Waals surface area contributed by atoms with Crippen molar-refractivity contribution in [2.24, 2.45) is 10.3 Å². The highest BCUT2D eigenvalue weighted by Gasteiger charge is 2.30. The number of nitrogens with zero attached hydrogens (tertiary/aromatic N) is 5. The van der Waals surface area contributed by atoms with E-state index in [0.717, 1.165) is 21.2 Å². The zero-order chi connectivity index (χ0) is 16.5.